The lowest BCUT2D eigenvalue weighted by Crippen LogP contribution is -2.26. The molecule has 3 rings (SSSR count). The average molecular weight is 370 g/mol. The Morgan fingerprint density at radius 2 is 2.04 bits per heavy atom. The van der Waals surface area contributed by atoms with Crippen molar-refractivity contribution in [1.29, 1.82) is 0 Å². The zero-order valence-electron chi connectivity index (χ0n) is 15.8. The van der Waals surface area contributed by atoms with Crippen LogP contribution in [-0.4, -0.2) is 30.1 Å². The highest BCUT2D eigenvalue weighted by Crippen LogP contribution is 2.30. The number of aromatic nitrogens is 1. The molecule has 3 aromatic rings. The predicted octanol–water partition coefficient (Wildman–Crippen LogP) is 3.74. The SMILES string of the molecule is COc1cc(C(=O)N(C)Cc2ccco2)ccc1OCc1c(C)noc1C. The van der Waals surface area contributed by atoms with Gasteiger partial charge < -0.3 is 23.3 Å². The first-order valence-corrected chi connectivity index (χ1v) is 8.50. The minimum absolute atomic E-state index is 0.137. The fraction of sp³-hybridized carbons (Fsp3) is 0.300. The summed E-state index contributed by atoms with van der Waals surface area (Å²) in [6, 6.07) is 8.73. The molecular weight excluding hydrogens is 348 g/mol. The Morgan fingerprint density at radius 3 is 2.67 bits per heavy atom. The monoisotopic (exact) mass is 370 g/mol. The Labute approximate surface area is 157 Å². The van der Waals surface area contributed by atoms with Gasteiger partial charge >= 0.3 is 0 Å². The van der Waals surface area contributed by atoms with E-state index in [9.17, 15) is 4.79 Å². The summed E-state index contributed by atoms with van der Waals surface area (Å²) in [6.07, 6.45) is 1.59. The van der Waals surface area contributed by atoms with Crippen molar-refractivity contribution in [1.82, 2.24) is 10.1 Å². The number of furan rings is 1. The number of carbonyl (C=O) groups excluding carboxylic acids is 1. The Bertz CT molecular complexity index is 895. The molecule has 0 N–H and O–H groups in total. The van der Waals surface area contributed by atoms with Gasteiger partial charge in [-0.2, -0.15) is 0 Å². The second-order valence-corrected chi connectivity index (χ2v) is 6.20. The molecule has 27 heavy (non-hydrogen) atoms. The van der Waals surface area contributed by atoms with Crippen molar-refractivity contribution < 1.29 is 23.2 Å². The van der Waals surface area contributed by atoms with Crippen LogP contribution in [0.4, 0.5) is 0 Å². The lowest BCUT2D eigenvalue weighted by atomic mass is 10.1. The largest absolute Gasteiger partial charge is 0.493 e. The van der Waals surface area contributed by atoms with E-state index in [1.807, 2.05) is 19.9 Å². The zero-order chi connectivity index (χ0) is 19.4. The van der Waals surface area contributed by atoms with Crippen LogP contribution in [-0.2, 0) is 13.2 Å². The highest BCUT2D eigenvalue weighted by atomic mass is 16.5. The summed E-state index contributed by atoms with van der Waals surface area (Å²) >= 11 is 0. The van der Waals surface area contributed by atoms with Crippen LogP contribution >= 0.6 is 0 Å². The number of hydrogen-bond donors (Lipinski definition) is 0. The fourth-order valence-electron chi connectivity index (χ4n) is 2.71. The number of ether oxygens (including phenoxy) is 2. The van der Waals surface area contributed by atoms with Crippen LogP contribution in [0.1, 0.15) is 33.1 Å². The van der Waals surface area contributed by atoms with E-state index < -0.39 is 0 Å². The molecule has 0 aliphatic heterocycles. The molecule has 0 aliphatic carbocycles. The summed E-state index contributed by atoms with van der Waals surface area (Å²) < 4.78 is 21.7. The molecule has 0 unspecified atom stereocenters. The predicted molar refractivity (Wildman–Crippen MR) is 97.8 cm³/mol. The van der Waals surface area contributed by atoms with E-state index in [1.165, 1.54) is 0 Å². The first-order valence-electron chi connectivity index (χ1n) is 8.50. The van der Waals surface area contributed by atoms with Crippen molar-refractivity contribution >= 4 is 5.91 Å². The maximum absolute atomic E-state index is 12.7. The summed E-state index contributed by atoms with van der Waals surface area (Å²) in [5, 5.41) is 3.91. The van der Waals surface area contributed by atoms with Gasteiger partial charge in [-0.25, -0.2) is 0 Å². The number of hydrogen-bond acceptors (Lipinski definition) is 6. The molecule has 0 saturated heterocycles. The van der Waals surface area contributed by atoms with E-state index in [4.69, 9.17) is 18.4 Å². The van der Waals surface area contributed by atoms with Gasteiger partial charge in [0.15, 0.2) is 11.5 Å². The number of benzene rings is 1. The summed E-state index contributed by atoms with van der Waals surface area (Å²) in [5.74, 6) is 2.33. The van der Waals surface area contributed by atoms with Gasteiger partial charge in [0.25, 0.3) is 5.91 Å². The van der Waals surface area contributed by atoms with Crippen LogP contribution in [0.3, 0.4) is 0 Å². The molecule has 7 nitrogen and oxygen atoms in total. The summed E-state index contributed by atoms with van der Waals surface area (Å²) in [4.78, 5) is 14.2. The van der Waals surface area contributed by atoms with Crippen LogP contribution in [0.15, 0.2) is 45.5 Å². The minimum Gasteiger partial charge on any atom is -0.493 e. The van der Waals surface area contributed by atoms with Crippen LogP contribution in [0.5, 0.6) is 11.5 Å². The highest BCUT2D eigenvalue weighted by Gasteiger charge is 2.17. The molecule has 7 heteroatoms. The van der Waals surface area contributed by atoms with Gasteiger partial charge in [-0.1, -0.05) is 5.16 Å². The molecule has 0 saturated carbocycles. The Kier molecular flexibility index (Phi) is 5.49. The third kappa shape index (κ3) is 4.13. The molecule has 142 valence electrons. The number of nitrogens with zero attached hydrogens (tertiary/aromatic N) is 2. The molecule has 2 aromatic heterocycles. The van der Waals surface area contributed by atoms with Crippen molar-refractivity contribution in [2.75, 3.05) is 14.2 Å². The average Bonchev–Trinajstić information content (AvgIpc) is 3.29. The maximum atomic E-state index is 12.7. The molecule has 0 atom stereocenters. The van der Waals surface area contributed by atoms with Crippen molar-refractivity contribution in [2.24, 2.45) is 0 Å². The standard InChI is InChI=1S/C20H22N2O5/c1-13-17(14(2)27-21-13)12-26-18-8-7-15(10-19(18)24-4)20(23)22(3)11-16-6-5-9-25-16/h5-10H,11-12H2,1-4H3. The molecule has 1 amide bonds. The summed E-state index contributed by atoms with van der Waals surface area (Å²) in [6.45, 7) is 4.40. The number of amides is 1. The molecular formula is C20H22N2O5. The number of aryl methyl sites for hydroxylation is 2. The number of rotatable bonds is 7. The lowest BCUT2D eigenvalue weighted by molar-refractivity contribution is 0.0775. The molecule has 0 fully saturated rings. The van der Waals surface area contributed by atoms with Crippen LogP contribution in [0.25, 0.3) is 0 Å². The van der Waals surface area contributed by atoms with Crippen molar-refractivity contribution in [3.05, 3.63) is 64.9 Å². The smallest absolute Gasteiger partial charge is 0.254 e. The molecule has 2 heterocycles. The second-order valence-electron chi connectivity index (χ2n) is 6.20. The van der Waals surface area contributed by atoms with Gasteiger partial charge in [-0.3, -0.25) is 4.79 Å². The highest BCUT2D eigenvalue weighted by molar-refractivity contribution is 5.94. The molecule has 0 bridgehead atoms. The first kappa shape index (κ1) is 18.6. The van der Waals surface area contributed by atoms with Crippen LogP contribution < -0.4 is 9.47 Å². The van der Waals surface area contributed by atoms with E-state index >= 15 is 0 Å². The molecule has 1 aromatic carbocycles. The lowest BCUT2D eigenvalue weighted by Gasteiger charge is -2.17. The molecule has 0 aliphatic rings. The maximum Gasteiger partial charge on any atom is 0.254 e. The van der Waals surface area contributed by atoms with Crippen molar-refractivity contribution in [3.8, 4) is 11.5 Å². The summed E-state index contributed by atoms with van der Waals surface area (Å²) in [5.41, 5.74) is 2.19. The van der Waals surface area contributed by atoms with E-state index in [0.717, 1.165) is 22.8 Å². The van der Waals surface area contributed by atoms with E-state index in [2.05, 4.69) is 5.16 Å². The quantitative estimate of drug-likeness (QED) is 0.630. The second kappa shape index (κ2) is 7.99. The van der Waals surface area contributed by atoms with Crippen molar-refractivity contribution in [2.45, 2.75) is 27.0 Å². The molecule has 0 spiro atoms. The first-order chi connectivity index (χ1) is 13.0. The van der Waals surface area contributed by atoms with E-state index in [1.54, 1.807) is 49.6 Å². The van der Waals surface area contributed by atoms with Crippen molar-refractivity contribution in [3.63, 3.8) is 0 Å². The van der Waals surface area contributed by atoms with E-state index in [-0.39, 0.29) is 5.91 Å². The van der Waals surface area contributed by atoms with Gasteiger partial charge in [0.2, 0.25) is 0 Å². The Balaban J connectivity index is 1.72. The van der Waals surface area contributed by atoms with Crippen LogP contribution in [0.2, 0.25) is 0 Å². The number of carbonyl (C=O) groups is 1. The van der Waals surface area contributed by atoms with Gasteiger partial charge in [-0.15, -0.1) is 0 Å². The Morgan fingerprint density at radius 1 is 1.22 bits per heavy atom. The molecule has 0 radical (unpaired) electrons. The van der Waals surface area contributed by atoms with Gasteiger partial charge in [0.1, 0.15) is 18.1 Å². The van der Waals surface area contributed by atoms with Crippen LogP contribution in [0, 0.1) is 13.8 Å². The van der Waals surface area contributed by atoms with Gasteiger partial charge in [0, 0.05) is 12.6 Å². The summed E-state index contributed by atoms with van der Waals surface area (Å²) in [7, 11) is 3.26. The third-order valence-electron chi connectivity index (χ3n) is 4.28. The van der Waals surface area contributed by atoms with Gasteiger partial charge in [0.05, 0.1) is 31.2 Å². The minimum atomic E-state index is -0.137. The fourth-order valence-corrected chi connectivity index (χ4v) is 2.71. The topological polar surface area (TPSA) is 77.9 Å². The third-order valence-corrected chi connectivity index (χ3v) is 4.28. The van der Waals surface area contributed by atoms with Gasteiger partial charge in [-0.05, 0) is 44.2 Å². The normalized spacial score (nSPS) is 10.7. The Hall–Kier alpha value is -3.22. The zero-order valence-corrected chi connectivity index (χ0v) is 15.8. The number of methoxy groups -OCH3 is 1. The van der Waals surface area contributed by atoms with E-state index in [0.29, 0.717) is 30.2 Å².